The van der Waals surface area contributed by atoms with Crippen LogP contribution in [0.15, 0.2) is 158 Å². The smallest absolute Gasteiger partial charge is 0.148 e. The molecule has 7 aromatic carbocycles. The van der Waals surface area contributed by atoms with Gasteiger partial charge in [0.2, 0.25) is 0 Å². The second-order valence-electron chi connectivity index (χ2n) is 20.4. The van der Waals surface area contributed by atoms with Crippen molar-refractivity contribution < 1.29 is 31.7 Å². The van der Waals surface area contributed by atoms with Gasteiger partial charge >= 0.3 is 0 Å². The monoisotopic (exact) mass is 1080 g/mol. The van der Waals surface area contributed by atoms with E-state index in [2.05, 4.69) is 116 Å². The van der Waals surface area contributed by atoms with Gasteiger partial charge in [-0.3, -0.25) is 9.55 Å². The van der Waals surface area contributed by atoms with Crippen molar-refractivity contribution in [2.45, 2.75) is 98.7 Å². The molecule has 4 nitrogen and oxygen atoms in total. The number of hydrogen-bond donors (Lipinski definition) is 1. The van der Waals surface area contributed by atoms with Crippen LogP contribution in [0, 0.1) is 12.9 Å². The van der Waals surface area contributed by atoms with Gasteiger partial charge in [-0.2, -0.15) is 0 Å². The third-order valence-corrected chi connectivity index (χ3v) is 12.9. The molecule has 0 aliphatic rings. The number of hydrogen-bond acceptors (Lipinski definition) is 3. The van der Waals surface area contributed by atoms with E-state index in [1.54, 1.807) is 6.07 Å². The van der Waals surface area contributed by atoms with Crippen LogP contribution < -0.4 is 0 Å². The van der Waals surface area contributed by atoms with E-state index in [1.165, 1.54) is 0 Å². The number of pyridine rings is 1. The molecule has 0 atom stereocenters. The number of fused-ring (bicyclic) bond motifs is 1. The van der Waals surface area contributed by atoms with E-state index in [4.69, 9.17) is 9.97 Å². The minimum absolute atomic E-state index is 0. The number of aromatic hydroxyl groups is 1. The Morgan fingerprint density at radius 3 is 1.93 bits per heavy atom. The van der Waals surface area contributed by atoms with Crippen LogP contribution in [0.25, 0.3) is 83.9 Å². The van der Waals surface area contributed by atoms with Gasteiger partial charge in [0.1, 0.15) is 11.6 Å². The Balaban J connectivity index is 0.00000693. The standard InChI is InChI=1S/C63H62N3O.Pt/c1-39(2)50-24-18-25-51(40(3)4)58(50)45-28-29-56(41(5)32-45)66-57-27-19-26-52(59(57)65-61(66)53-37-49(62(6,7)8)38-54(60(53)67)63(9,10)11)47-33-46(43-22-16-13-17-23-43)34-48(35-47)55-36-44(30-31-64-55)42-20-14-12-15-21-42;/h12-34,36-40,67H,1-11H3;/q-1;/i5D3,39D;. The topological polar surface area (TPSA) is 50.9 Å². The zero-order valence-corrected chi connectivity index (χ0v) is 43.0. The zero-order valence-electron chi connectivity index (χ0n) is 44.7. The first-order valence-corrected chi connectivity index (χ1v) is 23.3. The molecule has 0 saturated heterocycles. The predicted molar refractivity (Wildman–Crippen MR) is 282 cm³/mol. The molecule has 1 N–H and O–H groups in total. The maximum Gasteiger partial charge on any atom is 0.148 e. The van der Waals surface area contributed by atoms with Gasteiger partial charge in [0.15, 0.2) is 0 Å². The quantitative estimate of drug-likeness (QED) is 0.147. The molecule has 9 rings (SSSR count). The second kappa shape index (κ2) is 19.0. The van der Waals surface area contributed by atoms with E-state index < -0.39 is 18.2 Å². The van der Waals surface area contributed by atoms with Crippen LogP contribution in [0.2, 0.25) is 0 Å². The molecular weight excluding hydrogens is 1010 g/mol. The molecule has 0 radical (unpaired) electrons. The molecule has 346 valence electrons. The minimum atomic E-state index is -2.58. The normalized spacial score (nSPS) is 13.2. The average molecular weight is 1080 g/mol. The zero-order chi connectivity index (χ0) is 50.8. The molecule has 0 unspecified atom stereocenters. The fraction of sp³-hybridized carbons (Fsp3) is 0.238. The van der Waals surface area contributed by atoms with Gasteiger partial charge in [-0.15, -0.1) is 23.8 Å². The number of phenolic OH excluding ortho intramolecular Hbond substituents is 1. The van der Waals surface area contributed by atoms with Crippen molar-refractivity contribution in [2.75, 3.05) is 0 Å². The first-order chi connectivity index (χ1) is 33.5. The average Bonchev–Trinajstić information content (AvgIpc) is 3.72. The Labute approximate surface area is 424 Å². The van der Waals surface area contributed by atoms with Crippen LogP contribution in [0.5, 0.6) is 5.75 Å². The van der Waals surface area contributed by atoms with Crippen LogP contribution >= 0.6 is 0 Å². The van der Waals surface area contributed by atoms with Crippen molar-refractivity contribution in [2.24, 2.45) is 0 Å². The number of imidazole rings is 1. The van der Waals surface area contributed by atoms with Gasteiger partial charge in [-0.25, -0.2) is 4.98 Å². The molecule has 2 heterocycles. The summed E-state index contributed by atoms with van der Waals surface area (Å²) in [4.78, 5) is 10.4. The molecule has 68 heavy (non-hydrogen) atoms. The van der Waals surface area contributed by atoms with Crippen molar-refractivity contribution >= 4 is 11.0 Å². The fourth-order valence-corrected chi connectivity index (χ4v) is 9.27. The molecule has 0 amide bonds. The Bertz CT molecular complexity index is 3450. The summed E-state index contributed by atoms with van der Waals surface area (Å²) >= 11 is 0. The molecule has 5 heteroatoms. The number of benzene rings is 7. The van der Waals surface area contributed by atoms with Crippen LogP contribution in [-0.4, -0.2) is 19.6 Å². The Morgan fingerprint density at radius 1 is 0.618 bits per heavy atom. The van der Waals surface area contributed by atoms with Gasteiger partial charge in [-0.05, 0) is 110 Å². The molecule has 0 fully saturated rings. The Kier molecular flexibility index (Phi) is 12.0. The summed E-state index contributed by atoms with van der Waals surface area (Å²) in [5, 5.41) is 12.6. The van der Waals surface area contributed by atoms with Crippen molar-refractivity contribution in [1.29, 1.82) is 0 Å². The van der Waals surface area contributed by atoms with Crippen molar-refractivity contribution in [1.82, 2.24) is 14.5 Å². The van der Waals surface area contributed by atoms with Crippen LogP contribution in [-0.2, 0) is 31.9 Å². The van der Waals surface area contributed by atoms with E-state index >= 15 is 0 Å². The van der Waals surface area contributed by atoms with Crippen LogP contribution in [0.1, 0.15) is 114 Å². The van der Waals surface area contributed by atoms with Gasteiger partial charge < -0.3 is 5.11 Å². The summed E-state index contributed by atoms with van der Waals surface area (Å²) in [6.45, 7) is 18.1. The van der Waals surface area contributed by atoms with E-state index in [-0.39, 0.29) is 43.7 Å². The van der Waals surface area contributed by atoms with Crippen molar-refractivity contribution in [3.63, 3.8) is 0 Å². The maximum atomic E-state index is 12.6. The van der Waals surface area contributed by atoms with Gasteiger partial charge in [-0.1, -0.05) is 195 Å². The first-order valence-electron chi connectivity index (χ1n) is 25.3. The van der Waals surface area contributed by atoms with Gasteiger partial charge in [0.05, 0.1) is 22.3 Å². The van der Waals surface area contributed by atoms with Gasteiger partial charge in [0.25, 0.3) is 0 Å². The predicted octanol–water partition coefficient (Wildman–Crippen LogP) is 17.1. The van der Waals surface area contributed by atoms with E-state index in [9.17, 15) is 10.6 Å². The number of nitrogens with zero attached hydrogens (tertiary/aromatic N) is 3. The number of aryl methyl sites for hydroxylation is 1. The molecule has 0 aliphatic carbocycles. The Hall–Kier alpha value is -6.35. The second-order valence-corrected chi connectivity index (χ2v) is 20.4. The van der Waals surface area contributed by atoms with Crippen LogP contribution in [0.3, 0.4) is 0 Å². The van der Waals surface area contributed by atoms with Gasteiger partial charge in [0, 0.05) is 44.0 Å². The number of rotatable bonds is 9. The molecular formula is C63H62N3OPt-. The fourth-order valence-electron chi connectivity index (χ4n) is 9.27. The number of aromatic nitrogens is 3. The summed E-state index contributed by atoms with van der Waals surface area (Å²) in [5.74, 6) is -0.346. The first kappa shape index (κ1) is 43.0. The van der Waals surface area contributed by atoms with E-state index in [1.807, 2.05) is 116 Å². The summed E-state index contributed by atoms with van der Waals surface area (Å²) in [5.41, 5.74) is 14.0. The third kappa shape index (κ3) is 9.29. The van der Waals surface area contributed by atoms with Crippen molar-refractivity contribution in [3.05, 3.63) is 192 Å². The number of phenols is 1. The summed E-state index contributed by atoms with van der Waals surface area (Å²) < 4.78 is 38.7. The maximum absolute atomic E-state index is 12.6. The third-order valence-electron chi connectivity index (χ3n) is 12.9. The summed E-state index contributed by atoms with van der Waals surface area (Å²) in [6, 6.07) is 54.4. The summed E-state index contributed by atoms with van der Waals surface area (Å²) in [6.07, 6.45) is 1.84. The largest absolute Gasteiger partial charge is 0.507 e. The molecule has 0 aliphatic heterocycles. The van der Waals surface area contributed by atoms with E-state index in [0.717, 1.165) is 78.0 Å². The summed E-state index contributed by atoms with van der Waals surface area (Å²) in [7, 11) is 0. The molecule has 0 saturated carbocycles. The molecule has 9 aromatic rings. The SMILES string of the molecule is [2H]C([2H])([2H])c1cc(-c2c(C(C)C)cccc2C([2H])(C)C)ccc1-n1c(-c2cc(C(C)(C)C)cc(C(C)(C)C)c2O)nc2c(-c3[c-]c(-c4cc(-c5ccccc5)ccn4)cc(-c4ccccc4)c3)cccc21.[Pt]. The minimum Gasteiger partial charge on any atom is -0.507 e. The number of para-hydroxylation sites is 1. The van der Waals surface area contributed by atoms with Crippen LogP contribution in [0.4, 0.5) is 0 Å². The molecule has 0 bridgehead atoms. The van der Waals surface area contributed by atoms with E-state index in [0.29, 0.717) is 28.1 Å². The molecule has 0 spiro atoms. The molecule has 2 aromatic heterocycles. The van der Waals surface area contributed by atoms with Crippen molar-refractivity contribution in [3.8, 4) is 78.6 Å². The Morgan fingerprint density at radius 2 is 1.28 bits per heavy atom.